The second kappa shape index (κ2) is 7.93. The van der Waals surface area contributed by atoms with Crippen molar-refractivity contribution in [1.29, 1.82) is 0 Å². The van der Waals surface area contributed by atoms with E-state index in [2.05, 4.69) is 10.6 Å². The average Bonchev–Trinajstić information content (AvgIpc) is 3.01. The molecule has 0 saturated carbocycles. The van der Waals surface area contributed by atoms with Gasteiger partial charge < -0.3 is 20.1 Å². The van der Waals surface area contributed by atoms with Crippen LogP contribution in [0.5, 0.6) is 5.75 Å². The minimum Gasteiger partial charge on any atom is -0.492 e. The monoisotopic (exact) mass is 314 g/mol. The Morgan fingerprint density at radius 2 is 2.27 bits per heavy atom. The van der Waals surface area contributed by atoms with Crippen molar-refractivity contribution in [3.8, 4) is 5.75 Å². The van der Waals surface area contributed by atoms with Crippen molar-refractivity contribution in [2.24, 2.45) is 0 Å². The molecule has 22 heavy (non-hydrogen) atoms. The molecule has 5 nitrogen and oxygen atoms in total. The minimum atomic E-state index is -0.964. The van der Waals surface area contributed by atoms with E-state index in [1.54, 1.807) is 0 Å². The molecule has 1 saturated heterocycles. The normalized spacial score (nSPS) is 18.8. The molecule has 7 heteroatoms. The van der Waals surface area contributed by atoms with Gasteiger partial charge in [-0.1, -0.05) is 0 Å². The molecule has 0 bridgehead atoms. The molecule has 2 amide bonds. The Labute approximate surface area is 128 Å². The maximum Gasteiger partial charge on any atom is 0.315 e. The van der Waals surface area contributed by atoms with E-state index in [0.29, 0.717) is 0 Å². The largest absolute Gasteiger partial charge is 0.492 e. The highest BCUT2D eigenvalue weighted by Crippen LogP contribution is 2.16. The summed E-state index contributed by atoms with van der Waals surface area (Å²) in [6.07, 6.45) is 2.02. The van der Waals surface area contributed by atoms with E-state index in [4.69, 9.17) is 9.47 Å². The molecule has 1 aromatic rings. The highest BCUT2D eigenvalue weighted by atomic mass is 19.2. The van der Waals surface area contributed by atoms with Gasteiger partial charge in [0.05, 0.1) is 18.7 Å². The zero-order chi connectivity index (χ0) is 15.9. The van der Waals surface area contributed by atoms with Gasteiger partial charge in [0.25, 0.3) is 0 Å². The van der Waals surface area contributed by atoms with Crippen LogP contribution in [-0.2, 0) is 4.74 Å². The van der Waals surface area contributed by atoms with Gasteiger partial charge in [0.1, 0.15) is 12.4 Å². The number of halogens is 2. The third-order valence-corrected chi connectivity index (χ3v) is 3.43. The fourth-order valence-corrected chi connectivity index (χ4v) is 2.25. The van der Waals surface area contributed by atoms with Gasteiger partial charge in [-0.15, -0.1) is 0 Å². The van der Waals surface area contributed by atoms with E-state index in [-0.39, 0.29) is 37.1 Å². The molecule has 1 aliphatic heterocycles. The lowest BCUT2D eigenvalue weighted by molar-refractivity contribution is 0.0860. The van der Waals surface area contributed by atoms with Crippen LogP contribution in [0.1, 0.15) is 19.8 Å². The Balaban J connectivity index is 1.63. The fourth-order valence-electron chi connectivity index (χ4n) is 2.25. The topological polar surface area (TPSA) is 59.6 Å². The van der Waals surface area contributed by atoms with Crippen LogP contribution in [0, 0.1) is 11.6 Å². The number of urea groups is 1. The first-order valence-electron chi connectivity index (χ1n) is 7.30. The molecule has 1 fully saturated rings. The summed E-state index contributed by atoms with van der Waals surface area (Å²) in [5.74, 6) is -1.67. The summed E-state index contributed by atoms with van der Waals surface area (Å²) in [6.45, 7) is 3.05. The highest BCUT2D eigenvalue weighted by molar-refractivity contribution is 5.74. The second-order valence-electron chi connectivity index (χ2n) is 5.16. The van der Waals surface area contributed by atoms with Crippen molar-refractivity contribution in [3.63, 3.8) is 0 Å². The minimum absolute atomic E-state index is 0.0594. The van der Waals surface area contributed by atoms with Crippen LogP contribution in [0.25, 0.3) is 0 Å². The summed E-state index contributed by atoms with van der Waals surface area (Å²) in [5.41, 5.74) is 0. The first kappa shape index (κ1) is 16.5. The Morgan fingerprint density at radius 3 is 2.95 bits per heavy atom. The molecule has 122 valence electrons. The molecule has 1 aliphatic rings. The number of carbonyl (C=O) groups excluding carboxylic acids is 1. The predicted octanol–water partition coefficient (Wildman–Crippen LogP) is 2.21. The molecule has 1 aromatic carbocycles. The molecule has 0 spiro atoms. The van der Waals surface area contributed by atoms with Gasteiger partial charge in [0, 0.05) is 12.7 Å². The standard InChI is InChI=1S/C15H20F2N2O3/c1-10(14-3-2-7-22-14)19-15(20)18-6-8-21-11-4-5-12(16)13(17)9-11/h4-5,9-10,14H,2-3,6-8H2,1H3,(H2,18,19,20)/t10-,14+/m1/s1. The van der Waals surface area contributed by atoms with Crippen LogP contribution in [-0.4, -0.2) is 37.9 Å². The van der Waals surface area contributed by atoms with Crippen LogP contribution in [0.15, 0.2) is 18.2 Å². The Kier molecular flexibility index (Phi) is 5.94. The molecule has 0 aliphatic carbocycles. The van der Waals surface area contributed by atoms with Crippen molar-refractivity contribution >= 4 is 6.03 Å². The number of carbonyl (C=O) groups is 1. The van der Waals surface area contributed by atoms with Crippen molar-refractivity contribution < 1.29 is 23.0 Å². The molecular weight excluding hydrogens is 294 g/mol. The molecular formula is C15H20F2N2O3. The van der Waals surface area contributed by atoms with Gasteiger partial charge in [-0.25, -0.2) is 13.6 Å². The molecule has 0 radical (unpaired) electrons. The van der Waals surface area contributed by atoms with Crippen molar-refractivity contribution in [1.82, 2.24) is 10.6 Å². The molecule has 0 unspecified atom stereocenters. The zero-order valence-corrected chi connectivity index (χ0v) is 12.4. The summed E-state index contributed by atoms with van der Waals surface area (Å²) in [4.78, 5) is 11.7. The number of amides is 2. The number of hydrogen-bond donors (Lipinski definition) is 2. The summed E-state index contributed by atoms with van der Waals surface area (Å²) in [5, 5.41) is 5.43. The summed E-state index contributed by atoms with van der Waals surface area (Å²) < 4.78 is 36.4. The van der Waals surface area contributed by atoms with Crippen molar-refractivity contribution in [2.45, 2.75) is 31.9 Å². The number of nitrogens with one attached hydrogen (secondary N) is 2. The van der Waals surface area contributed by atoms with Gasteiger partial charge in [-0.05, 0) is 31.9 Å². The smallest absolute Gasteiger partial charge is 0.315 e. The van der Waals surface area contributed by atoms with E-state index < -0.39 is 11.6 Å². The van der Waals surface area contributed by atoms with Gasteiger partial charge in [-0.3, -0.25) is 0 Å². The van der Waals surface area contributed by atoms with Gasteiger partial charge >= 0.3 is 6.03 Å². The van der Waals surface area contributed by atoms with E-state index in [1.807, 2.05) is 6.92 Å². The SMILES string of the molecule is C[C@@H](NC(=O)NCCOc1ccc(F)c(F)c1)[C@@H]1CCCO1. The molecule has 2 rings (SSSR count). The first-order chi connectivity index (χ1) is 10.6. The maximum atomic E-state index is 13.0. The molecule has 2 atom stereocenters. The lowest BCUT2D eigenvalue weighted by atomic mass is 10.1. The quantitative estimate of drug-likeness (QED) is 0.792. The van der Waals surface area contributed by atoms with E-state index in [0.717, 1.165) is 31.6 Å². The van der Waals surface area contributed by atoms with E-state index in [9.17, 15) is 13.6 Å². The predicted molar refractivity (Wildman–Crippen MR) is 76.8 cm³/mol. The number of ether oxygens (including phenoxy) is 2. The van der Waals surface area contributed by atoms with Crippen LogP contribution in [0.4, 0.5) is 13.6 Å². The third kappa shape index (κ3) is 4.84. The van der Waals surface area contributed by atoms with E-state index in [1.165, 1.54) is 6.07 Å². The lowest BCUT2D eigenvalue weighted by Crippen LogP contribution is -2.46. The molecule has 0 aromatic heterocycles. The Bertz CT molecular complexity index is 508. The van der Waals surface area contributed by atoms with Crippen molar-refractivity contribution in [2.75, 3.05) is 19.8 Å². The number of benzene rings is 1. The Morgan fingerprint density at radius 1 is 1.45 bits per heavy atom. The third-order valence-electron chi connectivity index (χ3n) is 3.43. The fraction of sp³-hybridized carbons (Fsp3) is 0.533. The zero-order valence-electron chi connectivity index (χ0n) is 12.4. The van der Waals surface area contributed by atoms with Gasteiger partial charge in [-0.2, -0.15) is 0 Å². The number of rotatable bonds is 6. The van der Waals surface area contributed by atoms with Crippen LogP contribution in [0.2, 0.25) is 0 Å². The van der Waals surface area contributed by atoms with Crippen molar-refractivity contribution in [3.05, 3.63) is 29.8 Å². The van der Waals surface area contributed by atoms with Crippen LogP contribution < -0.4 is 15.4 Å². The molecule has 2 N–H and O–H groups in total. The highest BCUT2D eigenvalue weighted by Gasteiger charge is 2.23. The van der Waals surface area contributed by atoms with Gasteiger partial charge in [0.2, 0.25) is 0 Å². The van der Waals surface area contributed by atoms with Crippen LogP contribution in [0.3, 0.4) is 0 Å². The maximum absolute atomic E-state index is 13.0. The lowest BCUT2D eigenvalue weighted by Gasteiger charge is -2.20. The van der Waals surface area contributed by atoms with Crippen LogP contribution >= 0.6 is 0 Å². The summed E-state index contributed by atoms with van der Waals surface area (Å²) in [6, 6.07) is 2.92. The summed E-state index contributed by atoms with van der Waals surface area (Å²) >= 11 is 0. The van der Waals surface area contributed by atoms with Gasteiger partial charge in [0.15, 0.2) is 11.6 Å². The summed E-state index contributed by atoms with van der Waals surface area (Å²) in [7, 11) is 0. The Hall–Kier alpha value is -1.89. The first-order valence-corrected chi connectivity index (χ1v) is 7.30. The second-order valence-corrected chi connectivity index (χ2v) is 5.16. The average molecular weight is 314 g/mol. The number of hydrogen-bond acceptors (Lipinski definition) is 3. The van der Waals surface area contributed by atoms with E-state index >= 15 is 0 Å². The molecule has 1 heterocycles.